The third-order valence-corrected chi connectivity index (χ3v) is 3.19. The van der Waals surface area contributed by atoms with Gasteiger partial charge in [-0.25, -0.2) is 0 Å². The summed E-state index contributed by atoms with van der Waals surface area (Å²) < 4.78 is 1.01. The quantitative estimate of drug-likeness (QED) is 0.774. The lowest BCUT2D eigenvalue weighted by molar-refractivity contribution is 0.444. The van der Waals surface area contributed by atoms with Crippen molar-refractivity contribution >= 4 is 15.9 Å². The van der Waals surface area contributed by atoms with Crippen LogP contribution in [0.4, 0.5) is 0 Å². The Labute approximate surface area is 79.9 Å². The van der Waals surface area contributed by atoms with Gasteiger partial charge in [-0.1, -0.05) is 12.8 Å². The molecule has 0 unspecified atom stereocenters. The molecular formula is C8H12BrN3. The van der Waals surface area contributed by atoms with Crippen molar-refractivity contribution < 1.29 is 0 Å². The third kappa shape index (κ3) is 1.19. The lowest BCUT2D eigenvalue weighted by Gasteiger charge is -2.21. The number of rotatable bonds is 1. The minimum Gasteiger partial charge on any atom is -0.320 e. The van der Waals surface area contributed by atoms with E-state index in [1.165, 1.54) is 12.8 Å². The molecule has 1 aliphatic rings. The van der Waals surface area contributed by atoms with Crippen LogP contribution in [0.15, 0.2) is 10.7 Å². The molecule has 0 amide bonds. The predicted molar refractivity (Wildman–Crippen MR) is 50.6 cm³/mol. The van der Waals surface area contributed by atoms with Crippen LogP contribution in [0.3, 0.4) is 0 Å². The molecule has 4 heteroatoms. The van der Waals surface area contributed by atoms with Gasteiger partial charge in [0, 0.05) is 0 Å². The zero-order valence-electron chi connectivity index (χ0n) is 6.81. The van der Waals surface area contributed by atoms with Crippen LogP contribution in [0.25, 0.3) is 0 Å². The van der Waals surface area contributed by atoms with E-state index in [-0.39, 0.29) is 5.54 Å². The molecule has 0 bridgehead atoms. The zero-order valence-corrected chi connectivity index (χ0v) is 8.39. The molecule has 2 rings (SSSR count). The number of nitrogens with zero attached hydrogens (tertiary/aromatic N) is 1. The van der Waals surface area contributed by atoms with E-state index in [4.69, 9.17) is 5.73 Å². The van der Waals surface area contributed by atoms with Crippen LogP contribution >= 0.6 is 15.9 Å². The van der Waals surface area contributed by atoms with E-state index in [0.29, 0.717) is 0 Å². The standard InChI is InChI=1S/C8H12BrN3/c9-6-5-11-12-7(6)8(10)3-1-2-4-8/h5H,1-4,10H2,(H,11,12). The normalized spacial score (nSPS) is 21.5. The number of aromatic amines is 1. The van der Waals surface area contributed by atoms with Gasteiger partial charge in [-0.05, 0) is 28.8 Å². The van der Waals surface area contributed by atoms with E-state index in [0.717, 1.165) is 23.0 Å². The number of hydrogen-bond acceptors (Lipinski definition) is 2. The molecular weight excluding hydrogens is 218 g/mol. The van der Waals surface area contributed by atoms with Gasteiger partial charge in [0.25, 0.3) is 0 Å². The van der Waals surface area contributed by atoms with E-state index >= 15 is 0 Å². The smallest absolute Gasteiger partial charge is 0.0692 e. The first-order chi connectivity index (χ1) is 5.72. The lowest BCUT2D eigenvalue weighted by Crippen LogP contribution is -2.33. The highest BCUT2D eigenvalue weighted by atomic mass is 79.9. The Bertz CT molecular complexity index is 276. The maximum Gasteiger partial charge on any atom is 0.0692 e. The molecule has 1 heterocycles. The molecule has 0 aliphatic heterocycles. The molecule has 1 aromatic heterocycles. The van der Waals surface area contributed by atoms with Crippen LogP contribution in [0.1, 0.15) is 31.4 Å². The van der Waals surface area contributed by atoms with Crippen molar-refractivity contribution in [1.29, 1.82) is 0 Å². The number of H-pyrrole nitrogens is 1. The Kier molecular flexibility index (Phi) is 1.96. The zero-order chi connectivity index (χ0) is 8.60. The first-order valence-electron chi connectivity index (χ1n) is 4.21. The number of hydrogen-bond donors (Lipinski definition) is 2. The highest BCUT2D eigenvalue weighted by Gasteiger charge is 2.34. The van der Waals surface area contributed by atoms with Crippen LogP contribution in [0, 0.1) is 0 Å². The third-order valence-electron chi connectivity index (χ3n) is 2.59. The van der Waals surface area contributed by atoms with Gasteiger partial charge in [-0.15, -0.1) is 0 Å². The largest absolute Gasteiger partial charge is 0.320 e. The first kappa shape index (κ1) is 8.26. The number of nitrogens with two attached hydrogens (primary N) is 1. The van der Waals surface area contributed by atoms with E-state index < -0.39 is 0 Å². The highest BCUT2D eigenvalue weighted by molar-refractivity contribution is 9.10. The predicted octanol–water partition coefficient (Wildman–Crippen LogP) is 1.90. The van der Waals surface area contributed by atoms with Crippen molar-refractivity contribution in [2.24, 2.45) is 5.73 Å². The molecule has 0 saturated heterocycles. The second-order valence-corrected chi connectivity index (χ2v) is 4.31. The van der Waals surface area contributed by atoms with E-state index in [2.05, 4.69) is 26.1 Å². The average Bonchev–Trinajstić information content (AvgIpc) is 2.59. The molecule has 0 spiro atoms. The second-order valence-electron chi connectivity index (χ2n) is 3.46. The van der Waals surface area contributed by atoms with Crippen molar-refractivity contribution in [2.45, 2.75) is 31.2 Å². The Morgan fingerprint density at radius 1 is 1.50 bits per heavy atom. The van der Waals surface area contributed by atoms with Gasteiger partial charge in [-0.3, -0.25) is 5.10 Å². The molecule has 0 aromatic carbocycles. The minimum absolute atomic E-state index is 0.157. The Morgan fingerprint density at radius 2 is 2.17 bits per heavy atom. The van der Waals surface area contributed by atoms with Gasteiger partial charge in [0.2, 0.25) is 0 Å². The molecule has 3 N–H and O–H groups in total. The summed E-state index contributed by atoms with van der Waals surface area (Å²) in [6.07, 6.45) is 6.34. The number of nitrogens with one attached hydrogen (secondary N) is 1. The molecule has 12 heavy (non-hydrogen) atoms. The topological polar surface area (TPSA) is 54.7 Å². The van der Waals surface area contributed by atoms with Gasteiger partial charge in [0.1, 0.15) is 0 Å². The summed E-state index contributed by atoms with van der Waals surface area (Å²) in [5.41, 5.74) is 7.12. The van der Waals surface area contributed by atoms with Gasteiger partial charge >= 0.3 is 0 Å². The summed E-state index contributed by atoms with van der Waals surface area (Å²) in [6, 6.07) is 0. The second kappa shape index (κ2) is 2.85. The van der Waals surface area contributed by atoms with Crippen molar-refractivity contribution in [1.82, 2.24) is 10.2 Å². The molecule has 1 fully saturated rings. The SMILES string of the molecule is NC1(c2[nH]ncc2Br)CCCC1. The molecule has 1 aromatic rings. The van der Waals surface area contributed by atoms with Crippen LogP contribution in [0.2, 0.25) is 0 Å². The summed E-state index contributed by atoms with van der Waals surface area (Å²) in [7, 11) is 0. The molecule has 3 nitrogen and oxygen atoms in total. The summed E-state index contributed by atoms with van der Waals surface area (Å²) >= 11 is 3.44. The maximum absolute atomic E-state index is 6.22. The summed E-state index contributed by atoms with van der Waals surface area (Å²) in [6.45, 7) is 0. The Balaban J connectivity index is 2.34. The summed E-state index contributed by atoms with van der Waals surface area (Å²) in [4.78, 5) is 0. The minimum atomic E-state index is -0.157. The summed E-state index contributed by atoms with van der Waals surface area (Å²) in [5.74, 6) is 0. The van der Waals surface area contributed by atoms with Crippen LogP contribution < -0.4 is 5.73 Å². The van der Waals surface area contributed by atoms with Crippen molar-refractivity contribution in [2.75, 3.05) is 0 Å². The fraction of sp³-hybridized carbons (Fsp3) is 0.625. The van der Waals surface area contributed by atoms with E-state index in [1.54, 1.807) is 6.20 Å². The van der Waals surface area contributed by atoms with Crippen molar-refractivity contribution in [3.63, 3.8) is 0 Å². The van der Waals surface area contributed by atoms with Gasteiger partial charge < -0.3 is 5.73 Å². The maximum atomic E-state index is 6.22. The van der Waals surface area contributed by atoms with Crippen molar-refractivity contribution in [3.05, 3.63) is 16.4 Å². The fourth-order valence-electron chi connectivity index (χ4n) is 1.88. The Hall–Kier alpha value is -0.350. The number of aromatic nitrogens is 2. The first-order valence-corrected chi connectivity index (χ1v) is 5.00. The van der Waals surface area contributed by atoms with E-state index in [9.17, 15) is 0 Å². The number of halogens is 1. The molecule has 0 radical (unpaired) electrons. The van der Waals surface area contributed by atoms with Crippen molar-refractivity contribution in [3.8, 4) is 0 Å². The van der Waals surface area contributed by atoms with Crippen LogP contribution in [0.5, 0.6) is 0 Å². The molecule has 1 aliphatic carbocycles. The van der Waals surface area contributed by atoms with Crippen LogP contribution in [-0.2, 0) is 5.54 Å². The van der Waals surface area contributed by atoms with Gasteiger partial charge in [0.05, 0.1) is 21.9 Å². The summed E-state index contributed by atoms with van der Waals surface area (Å²) in [5, 5.41) is 6.93. The van der Waals surface area contributed by atoms with Crippen LogP contribution in [-0.4, -0.2) is 10.2 Å². The highest BCUT2D eigenvalue weighted by Crippen LogP contribution is 2.37. The molecule has 0 atom stereocenters. The van der Waals surface area contributed by atoms with Gasteiger partial charge in [-0.2, -0.15) is 5.10 Å². The lowest BCUT2D eigenvalue weighted by atomic mass is 9.95. The van der Waals surface area contributed by atoms with Gasteiger partial charge in [0.15, 0.2) is 0 Å². The van der Waals surface area contributed by atoms with E-state index in [1.807, 2.05) is 0 Å². The Morgan fingerprint density at radius 3 is 2.67 bits per heavy atom. The average molecular weight is 230 g/mol. The molecule has 66 valence electrons. The fourth-order valence-corrected chi connectivity index (χ4v) is 2.46. The monoisotopic (exact) mass is 229 g/mol. The molecule has 1 saturated carbocycles.